The average molecular weight is 217 g/mol. The summed E-state index contributed by atoms with van der Waals surface area (Å²) in [5.74, 6) is 1.17. The second-order valence-electron chi connectivity index (χ2n) is 4.78. The number of rotatable bonds is 9. The van der Waals surface area contributed by atoms with E-state index in [1.54, 1.807) is 0 Å². The molecule has 92 valence electrons. The lowest BCUT2D eigenvalue weighted by atomic mass is 10.1. The molecule has 0 aliphatic rings. The first kappa shape index (κ1) is 14.9. The van der Waals surface area contributed by atoms with Crippen molar-refractivity contribution >= 4 is 0 Å². The number of hydrogen-bond acceptors (Lipinski definition) is 3. The van der Waals surface area contributed by atoms with Crippen molar-refractivity contribution in [1.29, 1.82) is 0 Å². The zero-order valence-electron chi connectivity index (χ0n) is 10.6. The van der Waals surface area contributed by atoms with Gasteiger partial charge in [-0.25, -0.2) is 0 Å². The molecule has 0 heterocycles. The standard InChI is InChI=1S/C12H27NO2/c1-10(2)5-7-15-8-6-13-12(9-14)11(3)4/h10-14H,5-9H2,1-4H3/t12-/m1/s1. The van der Waals surface area contributed by atoms with Gasteiger partial charge in [0.25, 0.3) is 0 Å². The van der Waals surface area contributed by atoms with E-state index in [2.05, 4.69) is 33.0 Å². The third-order valence-corrected chi connectivity index (χ3v) is 2.49. The summed E-state index contributed by atoms with van der Waals surface area (Å²) in [4.78, 5) is 0. The normalized spacial score (nSPS) is 13.8. The van der Waals surface area contributed by atoms with E-state index < -0.39 is 0 Å². The summed E-state index contributed by atoms with van der Waals surface area (Å²) in [6.07, 6.45) is 1.12. The lowest BCUT2D eigenvalue weighted by molar-refractivity contribution is 0.117. The van der Waals surface area contributed by atoms with E-state index in [1.807, 2.05) is 0 Å². The summed E-state index contributed by atoms with van der Waals surface area (Å²) < 4.78 is 5.47. The van der Waals surface area contributed by atoms with Crippen molar-refractivity contribution in [2.75, 3.05) is 26.4 Å². The van der Waals surface area contributed by atoms with Gasteiger partial charge in [0.15, 0.2) is 0 Å². The van der Waals surface area contributed by atoms with E-state index in [4.69, 9.17) is 9.84 Å². The topological polar surface area (TPSA) is 41.5 Å². The highest BCUT2D eigenvalue weighted by molar-refractivity contribution is 4.68. The first-order valence-corrected chi connectivity index (χ1v) is 6.00. The second-order valence-corrected chi connectivity index (χ2v) is 4.78. The van der Waals surface area contributed by atoms with Crippen LogP contribution >= 0.6 is 0 Å². The Morgan fingerprint density at radius 1 is 1.13 bits per heavy atom. The number of hydrogen-bond donors (Lipinski definition) is 2. The monoisotopic (exact) mass is 217 g/mol. The fourth-order valence-electron chi connectivity index (χ4n) is 1.25. The molecule has 0 aromatic carbocycles. The van der Waals surface area contributed by atoms with Crippen molar-refractivity contribution in [3.05, 3.63) is 0 Å². The van der Waals surface area contributed by atoms with Gasteiger partial charge in [0.05, 0.1) is 13.2 Å². The third-order valence-electron chi connectivity index (χ3n) is 2.49. The Labute approximate surface area is 94.2 Å². The Morgan fingerprint density at radius 2 is 1.80 bits per heavy atom. The Morgan fingerprint density at radius 3 is 2.27 bits per heavy atom. The van der Waals surface area contributed by atoms with Crippen molar-refractivity contribution < 1.29 is 9.84 Å². The fraction of sp³-hybridized carbons (Fsp3) is 1.00. The Balaban J connectivity index is 3.29. The molecule has 0 aliphatic carbocycles. The first-order chi connectivity index (χ1) is 7.07. The lowest BCUT2D eigenvalue weighted by Crippen LogP contribution is -2.38. The molecule has 15 heavy (non-hydrogen) atoms. The van der Waals surface area contributed by atoms with Gasteiger partial charge in [-0.2, -0.15) is 0 Å². The van der Waals surface area contributed by atoms with Gasteiger partial charge >= 0.3 is 0 Å². The lowest BCUT2D eigenvalue weighted by Gasteiger charge is -2.19. The molecule has 0 saturated heterocycles. The van der Waals surface area contributed by atoms with E-state index >= 15 is 0 Å². The third kappa shape index (κ3) is 8.85. The summed E-state index contributed by atoms with van der Waals surface area (Å²) >= 11 is 0. The molecule has 0 unspecified atom stereocenters. The smallest absolute Gasteiger partial charge is 0.0591 e. The minimum Gasteiger partial charge on any atom is -0.395 e. The van der Waals surface area contributed by atoms with E-state index in [9.17, 15) is 0 Å². The molecular weight excluding hydrogens is 190 g/mol. The van der Waals surface area contributed by atoms with Crippen molar-refractivity contribution in [2.24, 2.45) is 11.8 Å². The molecule has 0 spiro atoms. The van der Waals surface area contributed by atoms with Crippen LogP contribution in [-0.2, 0) is 4.74 Å². The van der Waals surface area contributed by atoms with E-state index in [0.717, 1.165) is 26.2 Å². The Kier molecular flexibility index (Phi) is 9.06. The van der Waals surface area contributed by atoms with E-state index in [-0.39, 0.29) is 12.6 Å². The minimum absolute atomic E-state index is 0.193. The van der Waals surface area contributed by atoms with E-state index in [1.165, 1.54) is 0 Å². The highest BCUT2D eigenvalue weighted by atomic mass is 16.5. The van der Waals surface area contributed by atoms with Gasteiger partial charge in [0.2, 0.25) is 0 Å². The van der Waals surface area contributed by atoms with Gasteiger partial charge in [0.1, 0.15) is 0 Å². The molecule has 0 rings (SSSR count). The molecule has 0 radical (unpaired) electrons. The van der Waals surface area contributed by atoms with Crippen LogP contribution in [0, 0.1) is 11.8 Å². The highest BCUT2D eigenvalue weighted by Crippen LogP contribution is 2.00. The van der Waals surface area contributed by atoms with Gasteiger partial charge < -0.3 is 15.2 Å². The van der Waals surface area contributed by atoms with Gasteiger partial charge in [0, 0.05) is 19.2 Å². The highest BCUT2D eigenvalue weighted by Gasteiger charge is 2.09. The summed E-state index contributed by atoms with van der Waals surface area (Å²) in [5, 5.41) is 12.4. The van der Waals surface area contributed by atoms with E-state index in [0.29, 0.717) is 11.8 Å². The second kappa shape index (κ2) is 9.13. The minimum atomic E-state index is 0.193. The number of ether oxygens (including phenoxy) is 1. The maximum absolute atomic E-state index is 9.07. The molecule has 0 aliphatic heterocycles. The predicted molar refractivity (Wildman–Crippen MR) is 64.0 cm³/mol. The van der Waals surface area contributed by atoms with Crippen LogP contribution in [0.25, 0.3) is 0 Å². The van der Waals surface area contributed by atoms with Crippen LogP contribution in [0.4, 0.5) is 0 Å². The largest absolute Gasteiger partial charge is 0.395 e. The Bertz CT molecular complexity index is 138. The number of nitrogens with one attached hydrogen (secondary N) is 1. The molecule has 2 N–H and O–H groups in total. The SMILES string of the molecule is CC(C)CCOCCN[C@H](CO)C(C)C. The predicted octanol–water partition coefficient (Wildman–Crippen LogP) is 1.66. The maximum atomic E-state index is 9.07. The van der Waals surface area contributed by atoms with Crippen molar-refractivity contribution in [1.82, 2.24) is 5.32 Å². The van der Waals surface area contributed by atoms with Crippen LogP contribution in [0.2, 0.25) is 0 Å². The molecule has 0 aromatic rings. The summed E-state index contributed by atoms with van der Waals surface area (Å²) in [5.41, 5.74) is 0. The molecule has 3 heteroatoms. The van der Waals surface area contributed by atoms with Crippen molar-refractivity contribution in [3.8, 4) is 0 Å². The molecule has 1 atom stereocenters. The molecule has 0 saturated carbocycles. The maximum Gasteiger partial charge on any atom is 0.0591 e. The zero-order chi connectivity index (χ0) is 11.7. The fourth-order valence-corrected chi connectivity index (χ4v) is 1.25. The van der Waals surface area contributed by atoms with Crippen molar-refractivity contribution in [2.45, 2.75) is 40.2 Å². The summed E-state index contributed by atoms with van der Waals surface area (Å²) in [6, 6.07) is 0.193. The van der Waals surface area contributed by atoms with Gasteiger partial charge in [-0.05, 0) is 18.3 Å². The number of aliphatic hydroxyl groups excluding tert-OH is 1. The molecule has 0 amide bonds. The van der Waals surface area contributed by atoms with Gasteiger partial charge in [-0.3, -0.25) is 0 Å². The zero-order valence-corrected chi connectivity index (χ0v) is 10.6. The molecule has 0 aromatic heterocycles. The van der Waals surface area contributed by atoms with Crippen LogP contribution in [0.15, 0.2) is 0 Å². The first-order valence-electron chi connectivity index (χ1n) is 6.00. The van der Waals surface area contributed by atoms with Gasteiger partial charge in [-0.1, -0.05) is 27.7 Å². The molecule has 0 fully saturated rings. The molecular formula is C12H27NO2. The number of aliphatic hydroxyl groups is 1. The van der Waals surface area contributed by atoms with Gasteiger partial charge in [-0.15, -0.1) is 0 Å². The van der Waals surface area contributed by atoms with Crippen LogP contribution in [0.5, 0.6) is 0 Å². The summed E-state index contributed by atoms with van der Waals surface area (Å²) in [7, 11) is 0. The Hall–Kier alpha value is -0.120. The van der Waals surface area contributed by atoms with Crippen LogP contribution in [0.1, 0.15) is 34.1 Å². The summed E-state index contributed by atoms with van der Waals surface area (Å²) in [6.45, 7) is 11.2. The quantitative estimate of drug-likeness (QED) is 0.577. The average Bonchev–Trinajstić information content (AvgIpc) is 2.15. The van der Waals surface area contributed by atoms with Crippen molar-refractivity contribution in [3.63, 3.8) is 0 Å². The van der Waals surface area contributed by atoms with Crippen LogP contribution in [-0.4, -0.2) is 37.5 Å². The van der Waals surface area contributed by atoms with Crippen LogP contribution < -0.4 is 5.32 Å². The van der Waals surface area contributed by atoms with Crippen LogP contribution in [0.3, 0.4) is 0 Å². The molecule has 3 nitrogen and oxygen atoms in total. The molecule has 0 bridgehead atoms.